The number of aliphatic hydroxyl groups is 1. The van der Waals surface area contributed by atoms with E-state index in [1.54, 1.807) is 0 Å². The molecule has 3 saturated heterocycles. The fraction of sp³-hybridized carbons (Fsp3) is 1.00. The number of hydrogen-bond acceptors (Lipinski definition) is 6. The van der Waals surface area contributed by atoms with Crippen LogP contribution in [0.2, 0.25) is 0 Å². The summed E-state index contributed by atoms with van der Waals surface area (Å²) < 4.78 is 29.2. The molecule has 0 saturated carbocycles. The van der Waals surface area contributed by atoms with Crippen LogP contribution >= 0.6 is 0 Å². The van der Waals surface area contributed by atoms with E-state index in [4.69, 9.17) is 23.7 Å². The summed E-state index contributed by atoms with van der Waals surface area (Å²) in [6.07, 6.45) is -0.267. The molecule has 116 valence electrons. The molecular weight excluding hydrogens is 264 g/mol. The maximum absolute atomic E-state index is 9.32. The zero-order chi connectivity index (χ0) is 14.5. The van der Waals surface area contributed by atoms with Crippen LogP contribution in [0.1, 0.15) is 34.1 Å². The van der Waals surface area contributed by atoms with E-state index in [1.165, 1.54) is 0 Å². The van der Waals surface area contributed by atoms with Crippen molar-refractivity contribution < 1.29 is 28.8 Å². The van der Waals surface area contributed by atoms with Gasteiger partial charge in [0.05, 0.1) is 12.7 Å². The molecule has 3 aliphatic heterocycles. The zero-order valence-electron chi connectivity index (χ0n) is 12.5. The summed E-state index contributed by atoms with van der Waals surface area (Å²) in [6.45, 7) is 8.10. The number of hydrogen-bond donors (Lipinski definition) is 1. The van der Waals surface area contributed by atoms with E-state index in [9.17, 15) is 5.11 Å². The lowest BCUT2D eigenvalue weighted by atomic mass is 9.92. The topological polar surface area (TPSA) is 66.4 Å². The molecule has 3 heterocycles. The van der Waals surface area contributed by atoms with Gasteiger partial charge in [0.1, 0.15) is 12.2 Å². The highest BCUT2D eigenvalue weighted by Crippen LogP contribution is 2.44. The van der Waals surface area contributed by atoms with Gasteiger partial charge in [-0.15, -0.1) is 0 Å². The maximum Gasteiger partial charge on any atom is 0.187 e. The lowest BCUT2D eigenvalue weighted by Gasteiger charge is -2.28. The van der Waals surface area contributed by atoms with Crippen LogP contribution in [0.25, 0.3) is 0 Å². The lowest BCUT2D eigenvalue weighted by molar-refractivity contribution is -0.227. The first-order chi connectivity index (χ1) is 9.31. The van der Waals surface area contributed by atoms with Gasteiger partial charge in [-0.05, 0) is 34.1 Å². The van der Waals surface area contributed by atoms with E-state index >= 15 is 0 Å². The first kappa shape index (κ1) is 14.7. The molecule has 6 nitrogen and oxygen atoms in total. The Balaban J connectivity index is 1.73. The van der Waals surface area contributed by atoms with Crippen molar-refractivity contribution in [2.24, 2.45) is 5.92 Å². The molecule has 1 N–H and O–H groups in total. The van der Waals surface area contributed by atoms with Gasteiger partial charge in [0.15, 0.2) is 17.9 Å². The molecule has 0 bridgehead atoms. The Labute approximate surface area is 119 Å². The fourth-order valence-electron chi connectivity index (χ4n) is 3.31. The number of rotatable bonds is 3. The van der Waals surface area contributed by atoms with Gasteiger partial charge in [-0.25, -0.2) is 0 Å². The molecule has 3 fully saturated rings. The van der Waals surface area contributed by atoms with Crippen molar-refractivity contribution in [3.05, 3.63) is 0 Å². The van der Waals surface area contributed by atoms with Crippen molar-refractivity contribution in [3.8, 4) is 0 Å². The van der Waals surface area contributed by atoms with Gasteiger partial charge in [0.25, 0.3) is 0 Å². The molecule has 3 rings (SSSR count). The minimum Gasteiger partial charge on any atom is -0.396 e. The van der Waals surface area contributed by atoms with Crippen molar-refractivity contribution in [1.82, 2.24) is 0 Å². The number of fused-ring (bicyclic) bond motifs is 1. The summed E-state index contributed by atoms with van der Waals surface area (Å²) in [6, 6.07) is 0. The second kappa shape index (κ2) is 4.90. The van der Waals surface area contributed by atoms with E-state index in [2.05, 4.69) is 0 Å². The first-order valence-electron chi connectivity index (χ1n) is 7.25. The van der Waals surface area contributed by atoms with Gasteiger partial charge in [0, 0.05) is 12.5 Å². The quantitative estimate of drug-likeness (QED) is 0.836. The molecule has 20 heavy (non-hydrogen) atoms. The zero-order valence-corrected chi connectivity index (χ0v) is 12.5. The minimum absolute atomic E-state index is 0.0503. The van der Waals surface area contributed by atoms with Gasteiger partial charge in [-0.3, -0.25) is 0 Å². The highest BCUT2D eigenvalue weighted by molar-refractivity contribution is 4.97. The van der Waals surface area contributed by atoms with Crippen molar-refractivity contribution in [2.45, 2.75) is 70.3 Å². The Morgan fingerprint density at radius 2 is 1.75 bits per heavy atom. The summed E-state index contributed by atoms with van der Waals surface area (Å²) in [5.74, 6) is -1.18. The summed E-state index contributed by atoms with van der Waals surface area (Å²) in [7, 11) is 0. The molecule has 0 aromatic rings. The van der Waals surface area contributed by atoms with Crippen LogP contribution < -0.4 is 0 Å². The SMILES string of the molecule is CC1(C)O[C@H]2O[C@H]([C@H]3COC(C)(C)O3)[C@@H](CCO)[C@H]2O1. The lowest BCUT2D eigenvalue weighted by Crippen LogP contribution is -2.39. The predicted molar refractivity (Wildman–Crippen MR) is 68.8 cm³/mol. The van der Waals surface area contributed by atoms with E-state index in [-0.39, 0.29) is 37.1 Å². The van der Waals surface area contributed by atoms with Gasteiger partial charge in [0.2, 0.25) is 0 Å². The highest BCUT2D eigenvalue weighted by Gasteiger charge is 2.57. The number of ether oxygens (including phenoxy) is 5. The van der Waals surface area contributed by atoms with Gasteiger partial charge < -0.3 is 28.8 Å². The minimum atomic E-state index is -0.639. The maximum atomic E-state index is 9.32. The van der Waals surface area contributed by atoms with E-state index in [0.717, 1.165) is 0 Å². The fourth-order valence-corrected chi connectivity index (χ4v) is 3.31. The highest BCUT2D eigenvalue weighted by atomic mass is 16.8. The van der Waals surface area contributed by atoms with Crippen molar-refractivity contribution in [3.63, 3.8) is 0 Å². The molecule has 0 aromatic heterocycles. The van der Waals surface area contributed by atoms with E-state index < -0.39 is 11.6 Å². The third-order valence-electron chi connectivity index (χ3n) is 4.08. The van der Waals surface area contributed by atoms with Crippen LogP contribution in [0.3, 0.4) is 0 Å². The van der Waals surface area contributed by atoms with E-state index in [1.807, 2.05) is 27.7 Å². The van der Waals surface area contributed by atoms with Crippen LogP contribution in [0.5, 0.6) is 0 Å². The summed E-state index contributed by atoms with van der Waals surface area (Å²) in [5.41, 5.74) is 0. The van der Waals surface area contributed by atoms with Gasteiger partial charge in [-0.2, -0.15) is 0 Å². The second-order valence-electron chi connectivity index (χ2n) is 6.61. The van der Waals surface area contributed by atoms with Crippen LogP contribution in [-0.4, -0.2) is 54.5 Å². The van der Waals surface area contributed by atoms with Gasteiger partial charge in [-0.1, -0.05) is 0 Å². The standard InChI is InChI=1S/C14H24O6/c1-13(2)16-7-9(18-13)10-8(5-6-15)11-12(17-10)20-14(3,4)19-11/h8-12,15H,5-7H2,1-4H3/t8-,9-,10+,11-,12-/m1/s1. The Morgan fingerprint density at radius 3 is 2.35 bits per heavy atom. The van der Waals surface area contributed by atoms with Crippen LogP contribution in [0, 0.1) is 5.92 Å². The summed E-state index contributed by atoms with van der Waals surface area (Å²) in [5, 5.41) is 9.32. The average molecular weight is 288 g/mol. The van der Waals surface area contributed by atoms with Crippen LogP contribution in [-0.2, 0) is 23.7 Å². The van der Waals surface area contributed by atoms with Crippen molar-refractivity contribution in [2.75, 3.05) is 13.2 Å². The molecule has 5 atom stereocenters. The van der Waals surface area contributed by atoms with Crippen LogP contribution in [0.4, 0.5) is 0 Å². The summed E-state index contributed by atoms with van der Waals surface area (Å²) >= 11 is 0. The molecular formula is C14H24O6. The molecule has 0 aromatic carbocycles. The molecule has 0 unspecified atom stereocenters. The first-order valence-corrected chi connectivity index (χ1v) is 7.25. The molecule has 0 spiro atoms. The van der Waals surface area contributed by atoms with E-state index in [0.29, 0.717) is 13.0 Å². The Kier molecular flexibility index (Phi) is 3.60. The molecule has 3 aliphatic rings. The molecule has 0 radical (unpaired) electrons. The number of aliphatic hydroxyl groups excluding tert-OH is 1. The average Bonchev–Trinajstić information content (AvgIpc) is 2.91. The van der Waals surface area contributed by atoms with Crippen LogP contribution in [0.15, 0.2) is 0 Å². The van der Waals surface area contributed by atoms with Crippen molar-refractivity contribution in [1.29, 1.82) is 0 Å². The third kappa shape index (κ3) is 2.61. The Hall–Kier alpha value is -0.240. The van der Waals surface area contributed by atoms with Gasteiger partial charge >= 0.3 is 0 Å². The molecule has 0 amide bonds. The Morgan fingerprint density at radius 1 is 1.00 bits per heavy atom. The second-order valence-corrected chi connectivity index (χ2v) is 6.61. The molecule has 0 aliphatic carbocycles. The normalized spacial score (nSPS) is 45.8. The Bertz CT molecular complexity index is 369. The third-order valence-corrected chi connectivity index (χ3v) is 4.08. The largest absolute Gasteiger partial charge is 0.396 e. The predicted octanol–water partition coefficient (Wildman–Crippen LogP) is 1.01. The molecule has 6 heteroatoms. The summed E-state index contributed by atoms with van der Waals surface area (Å²) in [4.78, 5) is 0. The smallest absolute Gasteiger partial charge is 0.187 e. The monoisotopic (exact) mass is 288 g/mol. The van der Waals surface area contributed by atoms with Crippen molar-refractivity contribution >= 4 is 0 Å².